The van der Waals surface area contributed by atoms with Crippen LogP contribution in [0, 0.1) is 0 Å². The Morgan fingerprint density at radius 1 is 1.17 bits per heavy atom. The summed E-state index contributed by atoms with van der Waals surface area (Å²) in [6.07, 6.45) is 4.90. The third kappa shape index (κ3) is 1.29. The Balaban J connectivity index is 1.89. The highest BCUT2D eigenvalue weighted by molar-refractivity contribution is 5.18. The molecule has 2 rings (SSSR count). The average molecular weight is 168 g/mol. The molecule has 0 aliphatic carbocycles. The Morgan fingerprint density at radius 2 is 1.67 bits per heavy atom. The molecule has 2 aliphatic heterocycles. The first kappa shape index (κ1) is 8.27. The van der Waals surface area contributed by atoms with Crippen molar-refractivity contribution in [3.05, 3.63) is 12.2 Å². The highest BCUT2D eigenvalue weighted by atomic mass is 16.6. The minimum absolute atomic E-state index is 0.0119. The minimum Gasteiger partial charge on any atom is -0.362 e. The summed E-state index contributed by atoms with van der Waals surface area (Å²) < 4.78 is 10.8. The first-order valence-electron chi connectivity index (χ1n) is 4.49. The van der Waals surface area contributed by atoms with Crippen molar-refractivity contribution in [2.75, 3.05) is 0 Å². The van der Waals surface area contributed by atoms with Gasteiger partial charge in [-0.3, -0.25) is 0 Å². The summed E-state index contributed by atoms with van der Waals surface area (Å²) in [6.45, 7) is 8.38. The lowest BCUT2D eigenvalue weighted by Crippen LogP contribution is -2.05. The van der Waals surface area contributed by atoms with Gasteiger partial charge in [0.15, 0.2) is 0 Å². The summed E-state index contributed by atoms with van der Waals surface area (Å²) in [6, 6.07) is 0. The number of ether oxygens (including phenoxy) is 2. The summed E-state index contributed by atoms with van der Waals surface area (Å²) in [5, 5.41) is 0. The predicted molar refractivity (Wildman–Crippen MR) is 47.0 cm³/mol. The van der Waals surface area contributed by atoms with Gasteiger partial charge in [0.2, 0.25) is 0 Å². The molecule has 0 saturated carbocycles. The number of hydrogen-bond donors (Lipinski definition) is 0. The maximum atomic E-state index is 5.42. The predicted octanol–water partition coefficient (Wildman–Crippen LogP) is 1.90. The van der Waals surface area contributed by atoms with Gasteiger partial charge in [0.05, 0.1) is 11.7 Å². The zero-order valence-electron chi connectivity index (χ0n) is 8.13. The molecule has 0 amide bonds. The summed E-state index contributed by atoms with van der Waals surface area (Å²) >= 11 is 0. The lowest BCUT2D eigenvalue weighted by atomic mass is 10.1. The van der Waals surface area contributed by atoms with Crippen LogP contribution in [0.3, 0.4) is 0 Å². The molecule has 3 atom stereocenters. The van der Waals surface area contributed by atoms with Crippen LogP contribution in [0.2, 0.25) is 0 Å². The molecule has 2 nitrogen and oxygen atoms in total. The standard InChI is InChI=1S/C10H16O2/c1-7-10(4,11-7)6-5-8-9(2,3)12-8/h5-8H,1-4H3/b6-5-/t7-,8-,10+/m0/s1. The van der Waals surface area contributed by atoms with E-state index in [1.807, 2.05) is 0 Å². The van der Waals surface area contributed by atoms with Crippen molar-refractivity contribution in [3.8, 4) is 0 Å². The molecule has 0 radical (unpaired) electrons. The van der Waals surface area contributed by atoms with E-state index in [0.717, 1.165) is 0 Å². The van der Waals surface area contributed by atoms with Gasteiger partial charge in [-0.2, -0.15) is 0 Å². The third-order valence-electron chi connectivity index (χ3n) is 2.84. The normalized spacial score (nSPS) is 49.7. The van der Waals surface area contributed by atoms with Gasteiger partial charge in [-0.05, 0) is 27.7 Å². The Morgan fingerprint density at radius 3 is 2.00 bits per heavy atom. The fourth-order valence-electron chi connectivity index (χ4n) is 1.36. The summed E-state index contributed by atoms with van der Waals surface area (Å²) in [5.41, 5.74) is 0.0486. The molecule has 0 unspecified atom stereocenters. The first-order valence-corrected chi connectivity index (χ1v) is 4.49. The summed E-state index contributed by atoms with van der Waals surface area (Å²) in [5.74, 6) is 0. The monoisotopic (exact) mass is 168 g/mol. The van der Waals surface area contributed by atoms with Crippen molar-refractivity contribution < 1.29 is 9.47 Å². The van der Waals surface area contributed by atoms with Crippen LogP contribution in [0.25, 0.3) is 0 Å². The SMILES string of the molecule is C[C@@H]1O[C@]1(C)/C=C\[C@@H]1OC1(C)C. The summed E-state index contributed by atoms with van der Waals surface area (Å²) in [7, 11) is 0. The Hall–Kier alpha value is -0.340. The largest absolute Gasteiger partial charge is 0.362 e. The van der Waals surface area contributed by atoms with E-state index in [0.29, 0.717) is 12.2 Å². The van der Waals surface area contributed by atoms with Crippen LogP contribution in [0.1, 0.15) is 27.7 Å². The maximum absolute atomic E-state index is 5.42. The zero-order valence-corrected chi connectivity index (χ0v) is 8.13. The van der Waals surface area contributed by atoms with Crippen molar-refractivity contribution in [2.24, 2.45) is 0 Å². The second kappa shape index (κ2) is 2.12. The highest BCUT2D eigenvalue weighted by Crippen LogP contribution is 2.40. The molecular formula is C10H16O2. The molecule has 2 heteroatoms. The Labute approximate surface area is 73.5 Å². The van der Waals surface area contributed by atoms with Gasteiger partial charge in [-0.15, -0.1) is 0 Å². The molecule has 2 fully saturated rings. The number of rotatable bonds is 2. The molecule has 0 spiro atoms. The molecule has 2 saturated heterocycles. The van der Waals surface area contributed by atoms with Crippen molar-refractivity contribution in [1.29, 1.82) is 0 Å². The van der Waals surface area contributed by atoms with Gasteiger partial charge in [-0.25, -0.2) is 0 Å². The van der Waals surface area contributed by atoms with E-state index in [9.17, 15) is 0 Å². The van der Waals surface area contributed by atoms with Gasteiger partial charge in [0.25, 0.3) is 0 Å². The van der Waals surface area contributed by atoms with Crippen molar-refractivity contribution in [3.63, 3.8) is 0 Å². The lowest BCUT2D eigenvalue weighted by Gasteiger charge is -1.94. The highest BCUT2D eigenvalue weighted by Gasteiger charge is 2.49. The van der Waals surface area contributed by atoms with E-state index in [1.54, 1.807) is 0 Å². The molecule has 0 aromatic carbocycles. The molecule has 0 aromatic heterocycles. The Bertz CT molecular complexity index is 232. The molecular weight excluding hydrogens is 152 g/mol. The van der Waals surface area contributed by atoms with E-state index in [2.05, 4.69) is 39.8 Å². The van der Waals surface area contributed by atoms with E-state index < -0.39 is 0 Å². The Kier molecular flexibility index (Phi) is 1.46. The van der Waals surface area contributed by atoms with Crippen LogP contribution >= 0.6 is 0 Å². The van der Waals surface area contributed by atoms with E-state index >= 15 is 0 Å². The van der Waals surface area contributed by atoms with Gasteiger partial charge in [-0.1, -0.05) is 12.2 Å². The molecule has 68 valence electrons. The number of epoxide rings is 2. The molecule has 0 bridgehead atoms. The van der Waals surface area contributed by atoms with Crippen LogP contribution in [0.4, 0.5) is 0 Å². The minimum atomic E-state index is -0.0119. The van der Waals surface area contributed by atoms with E-state index in [-0.39, 0.29) is 11.2 Å². The van der Waals surface area contributed by atoms with Gasteiger partial charge in [0.1, 0.15) is 11.7 Å². The molecule has 2 aliphatic rings. The van der Waals surface area contributed by atoms with Crippen molar-refractivity contribution in [2.45, 2.75) is 51.1 Å². The van der Waals surface area contributed by atoms with E-state index in [4.69, 9.17) is 9.47 Å². The first-order chi connectivity index (χ1) is 5.44. The summed E-state index contributed by atoms with van der Waals surface area (Å²) in [4.78, 5) is 0. The maximum Gasteiger partial charge on any atom is 0.110 e. The average Bonchev–Trinajstić information content (AvgIpc) is 2.72. The van der Waals surface area contributed by atoms with Crippen LogP contribution in [-0.2, 0) is 9.47 Å². The lowest BCUT2D eigenvalue weighted by molar-refractivity contribution is 0.331. The third-order valence-corrected chi connectivity index (χ3v) is 2.84. The van der Waals surface area contributed by atoms with Crippen LogP contribution in [0.15, 0.2) is 12.2 Å². The fourth-order valence-corrected chi connectivity index (χ4v) is 1.36. The second-order valence-corrected chi connectivity index (χ2v) is 4.44. The molecule has 12 heavy (non-hydrogen) atoms. The quantitative estimate of drug-likeness (QED) is 0.464. The van der Waals surface area contributed by atoms with Crippen LogP contribution in [0.5, 0.6) is 0 Å². The zero-order chi connectivity index (χ0) is 8.98. The molecule has 0 aromatic rings. The van der Waals surface area contributed by atoms with Gasteiger partial charge < -0.3 is 9.47 Å². The van der Waals surface area contributed by atoms with Crippen molar-refractivity contribution in [1.82, 2.24) is 0 Å². The van der Waals surface area contributed by atoms with Crippen LogP contribution in [-0.4, -0.2) is 23.4 Å². The van der Waals surface area contributed by atoms with Crippen LogP contribution < -0.4 is 0 Å². The van der Waals surface area contributed by atoms with Gasteiger partial charge in [0, 0.05) is 0 Å². The van der Waals surface area contributed by atoms with Crippen molar-refractivity contribution >= 4 is 0 Å². The topological polar surface area (TPSA) is 25.1 Å². The molecule has 2 heterocycles. The smallest absolute Gasteiger partial charge is 0.110 e. The van der Waals surface area contributed by atoms with E-state index in [1.165, 1.54) is 0 Å². The number of hydrogen-bond acceptors (Lipinski definition) is 2. The molecule has 0 N–H and O–H groups in total. The second-order valence-electron chi connectivity index (χ2n) is 4.44. The fraction of sp³-hybridized carbons (Fsp3) is 0.800. The van der Waals surface area contributed by atoms with Gasteiger partial charge >= 0.3 is 0 Å².